The summed E-state index contributed by atoms with van der Waals surface area (Å²) in [6, 6.07) is 1.24. The second-order valence-electron chi connectivity index (χ2n) is 4.89. The molecule has 2 nitrogen and oxygen atoms in total. The molecule has 0 saturated heterocycles. The van der Waals surface area contributed by atoms with Crippen LogP contribution in [-0.2, 0) is 0 Å². The van der Waals surface area contributed by atoms with Gasteiger partial charge in [0.25, 0.3) is 0 Å². The van der Waals surface area contributed by atoms with Gasteiger partial charge in [0.2, 0.25) is 0 Å². The molecule has 0 fully saturated rings. The summed E-state index contributed by atoms with van der Waals surface area (Å²) >= 11 is 0. The van der Waals surface area contributed by atoms with Gasteiger partial charge in [-0.1, -0.05) is 34.6 Å². The van der Waals surface area contributed by atoms with E-state index in [4.69, 9.17) is 0 Å². The highest BCUT2D eigenvalue weighted by atomic mass is 15.2. The number of hydrogen-bond donors (Lipinski definition) is 1. The smallest absolute Gasteiger partial charge is 0.0192 e. The molecule has 0 spiro atoms. The Morgan fingerprint density at radius 1 is 1.07 bits per heavy atom. The van der Waals surface area contributed by atoms with E-state index in [0.717, 1.165) is 19.0 Å². The summed E-state index contributed by atoms with van der Waals surface area (Å²) in [5.41, 5.74) is 0. The Morgan fingerprint density at radius 2 is 1.64 bits per heavy atom. The van der Waals surface area contributed by atoms with Crippen LogP contribution in [0.25, 0.3) is 0 Å². The largest absolute Gasteiger partial charge is 0.313 e. The van der Waals surface area contributed by atoms with Gasteiger partial charge in [0.05, 0.1) is 0 Å². The van der Waals surface area contributed by atoms with Crippen molar-refractivity contribution in [2.24, 2.45) is 5.92 Å². The van der Waals surface area contributed by atoms with E-state index < -0.39 is 0 Å². The zero-order valence-corrected chi connectivity index (χ0v) is 10.8. The van der Waals surface area contributed by atoms with Crippen LogP contribution in [0.2, 0.25) is 0 Å². The molecular weight excluding hydrogens is 172 g/mol. The Bertz CT molecular complexity index is 132. The first-order valence-electron chi connectivity index (χ1n) is 5.94. The van der Waals surface area contributed by atoms with E-state index in [1.165, 1.54) is 6.54 Å². The van der Waals surface area contributed by atoms with Gasteiger partial charge in [-0.15, -0.1) is 0 Å². The van der Waals surface area contributed by atoms with Gasteiger partial charge in [0.1, 0.15) is 0 Å². The zero-order valence-electron chi connectivity index (χ0n) is 10.8. The second-order valence-corrected chi connectivity index (χ2v) is 4.89. The first-order valence-corrected chi connectivity index (χ1v) is 5.94. The van der Waals surface area contributed by atoms with Crippen molar-refractivity contribution in [2.45, 2.75) is 53.6 Å². The third-order valence-corrected chi connectivity index (χ3v) is 2.45. The van der Waals surface area contributed by atoms with Gasteiger partial charge in [-0.3, -0.25) is 4.90 Å². The summed E-state index contributed by atoms with van der Waals surface area (Å²) in [7, 11) is 0. The van der Waals surface area contributed by atoms with Gasteiger partial charge >= 0.3 is 0 Å². The Hall–Kier alpha value is -0.0800. The molecule has 86 valence electrons. The van der Waals surface area contributed by atoms with Crippen molar-refractivity contribution in [2.75, 3.05) is 19.6 Å². The monoisotopic (exact) mass is 200 g/mol. The highest BCUT2D eigenvalue weighted by Crippen LogP contribution is 2.03. The molecule has 0 heterocycles. The fourth-order valence-electron chi connectivity index (χ4n) is 1.63. The molecule has 1 N–H and O–H groups in total. The molecule has 0 aliphatic carbocycles. The average Bonchev–Trinajstić information content (AvgIpc) is 2.09. The van der Waals surface area contributed by atoms with Crippen LogP contribution in [0.1, 0.15) is 41.5 Å². The maximum Gasteiger partial charge on any atom is 0.0192 e. The molecule has 0 aromatic rings. The van der Waals surface area contributed by atoms with Crippen LogP contribution in [0.5, 0.6) is 0 Å². The number of nitrogens with zero attached hydrogens (tertiary/aromatic N) is 1. The Balaban J connectivity index is 3.84. The van der Waals surface area contributed by atoms with E-state index in [1.807, 2.05) is 0 Å². The van der Waals surface area contributed by atoms with Gasteiger partial charge in [0.15, 0.2) is 0 Å². The molecule has 14 heavy (non-hydrogen) atoms. The Morgan fingerprint density at radius 3 is 2.00 bits per heavy atom. The number of nitrogens with one attached hydrogen (secondary N) is 1. The Kier molecular flexibility index (Phi) is 7.20. The number of likely N-dealkylation sites (N-methyl/N-ethyl adjacent to an activating group) is 1. The molecule has 0 radical (unpaired) electrons. The lowest BCUT2D eigenvalue weighted by molar-refractivity contribution is 0.190. The van der Waals surface area contributed by atoms with Gasteiger partial charge in [0, 0.05) is 25.2 Å². The van der Waals surface area contributed by atoms with E-state index in [-0.39, 0.29) is 0 Å². The highest BCUT2D eigenvalue weighted by molar-refractivity contribution is 4.70. The Labute approximate surface area is 90.1 Å². The molecule has 1 unspecified atom stereocenters. The van der Waals surface area contributed by atoms with E-state index in [2.05, 4.69) is 51.8 Å². The van der Waals surface area contributed by atoms with E-state index in [1.54, 1.807) is 0 Å². The molecule has 0 saturated carbocycles. The summed E-state index contributed by atoms with van der Waals surface area (Å²) < 4.78 is 0. The van der Waals surface area contributed by atoms with Crippen molar-refractivity contribution in [1.82, 2.24) is 10.2 Å². The predicted octanol–water partition coefficient (Wildman–Crippen LogP) is 2.35. The topological polar surface area (TPSA) is 15.3 Å². The molecule has 0 amide bonds. The zero-order chi connectivity index (χ0) is 11.1. The highest BCUT2D eigenvalue weighted by Gasteiger charge is 2.12. The molecule has 2 heteroatoms. The molecule has 0 aliphatic rings. The second kappa shape index (κ2) is 7.24. The molecule has 1 atom stereocenters. The van der Waals surface area contributed by atoms with E-state index in [9.17, 15) is 0 Å². The average molecular weight is 200 g/mol. The SMILES string of the molecule is CCN(CC(C)C)C(C)CNC(C)C. The molecule has 0 aromatic heterocycles. The summed E-state index contributed by atoms with van der Waals surface area (Å²) in [5.74, 6) is 0.761. The third kappa shape index (κ3) is 6.39. The van der Waals surface area contributed by atoms with Crippen molar-refractivity contribution in [3.05, 3.63) is 0 Å². The summed E-state index contributed by atoms with van der Waals surface area (Å²) in [4.78, 5) is 2.54. The first-order chi connectivity index (χ1) is 6.47. The lowest BCUT2D eigenvalue weighted by Crippen LogP contribution is -2.43. The number of rotatable bonds is 7. The summed E-state index contributed by atoms with van der Waals surface area (Å²) in [6.45, 7) is 17.0. The van der Waals surface area contributed by atoms with Crippen molar-refractivity contribution >= 4 is 0 Å². The van der Waals surface area contributed by atoms with Crippen LogP contribution >= 0.6 is 0 Å². The summed E-state index contributed by atoms with van der Waals surface area (Å²) in [6.07, 6.45) is 0. The molecule has 0 aliphatic heterocycles. The molecule has 0 aromatic carbocycles. The quantitative estimate of drug-likeness (QED) is 0.678. The minimum Gasteiger partial charge on any atom is -0.313 e. The standard InChI is InChI=1S/C12H28N2/c1-7-14(9-10(2)3)12(6)8-13-11(4)5/h10-13H,7-9H2,1-6H3. The predicted molar refractivity (Wildman–Crippen MR) is 64.7 cm³/mol. The van der Waals surface area contributed by atoms with Crippen molar-refractivity contribution in [3.8, 4) is 0 Å². The van der Waals surface area contributed by atoms with Crippen LogP contribution < -0.4 is 5.32 Å². The molecular formula is C12H28N2. The normalized spacial score (nSPS) is 14.4. The van der Waals surface area contributed by atoms with Gasteiger partial charge in [-0.05, 0) is 19.4 Å². The van der Waals surface area contributed by atoms with Crippen molar-refractivity contribution in [3.63, 3.8) is 0 Å². The van der Waals surface area contributed by atoms with Crippen LogP contribution in [-0.4, -0.2) is 36.6 Å². The third-order valence-electron chi connectivity index (χ3n) is 2.45. The van der Waals surface area contributed by atoms with E-state index >= 15 is 0 Å². The first kappa shape index (κ1) is 13.9. The minimum atomic E-state index is 0.593. The van der Waals surface area contributed by atoms with Crippen molar-refractivity contribution in [1.29, 1.82) is 0 Å². The summed E-state index contributed by atoms with van der Waals surface area (Å²) in [5, 5.41) is 3.49. The van der Waals surface area contributed by atoms with Crippen LogP contribution in [0, 0.1) is 5.92 Å². The van der Waals surface area contributed by atoms with Crippen LogP contribution in [0.15, 0.2) is 0 Å². The van der Waals surface area contributed by atoms with E-state index in [0.29, 0.717) is 12.1 Å². The fourth-order valence-corrected chi connectivity index (χ4v) is 1.63. The molecule has 0 rings (SSSR count). The van der Waals surface area contributed by atoms with Gasteiger partial charge < -0.3 is 5.32 Å². The van der Waals surface area contributed by atoms with Gasteiger partial charge in [-0.2, -0.15) is 0 Å². The lowest BCUT2D eigenvalue weighted by Gasteiger charge is -2.30. The minimum absolute atomic E-state index is 0.593. The molecule has 0 bridgehead atoms. The van der Waals surface area contributed by atoms with Gasteiger partial charge in [-0.25, -0.2) is 0 Å². The van der Waals surface area contributed by atoms with Crippen LogP contribution in [0.3, 0.4) is 0 Å². The lowest BCUT2D eigenvalue weighted by atomic mass is 10.1. The maximum absolute atomic E-state index is 3.49. The van der Waals surface area contributed by atoms with Crippen LogP contribution in [0.4, 0.5) is 0 Å². The fraction of sp³-hybridized carbons (Fsp3) is 1.00. The van der Waals surface area contributed by atoms with Crippen molar-refractivity contribution < 1.29 is 0 Å². The maximum atomic E-state index is 3.49. The number of hydrogen-bond acceptors (Lipinski definition) is 2.